The molecule has 0 bridgehead atoms. The quantitative estimate of drug-likeness (QED) is 0.504. The second-order valence-corrected chi connectivity index (χ2v) is 8.14. The number of ether oxygens (including phenoxy) is 2. The molecule has 31 heavy (non-hydrogen) atoms. The van der Waals surface area contributed by atoms with Gasteiger partial charge in [0.05, 0.1) is 12.7 Å². The minimum Gasteiger partial charge on any atom is -0.482 e. The van der Waals surface area contributed by atoms with Gasteiger partial charge in [-0.25, -0.2) is 4.79 Å². The molecule has 0 heterocycles. The smallest absolute Gasteiger partial charge is 0.344 e. The number of aliphatic hydroxyl groups excluding tert-OH is 1. The second-order valence-electron chi connectivity index (χ2n) is 7.70. The van der Waals surface area contributed by atoms with E-state index in [1.165, 1.54) is 5.56 Å². The van der Waals surface area contributed by atoms with Gasteiger partial charge in [-0.2, -0.15) is 0 Å². The summed E-state index contributed by atoms with van der Waals surface area (Å²) in [5, 5.41) is 14.6. The summed E-state index contributed by atoms with van der Waals surface area (Å²) in [6, 6.07) is 15.7. The number of aliphatic hydroxyl groups is 1. The van der Waals surface area contributed by atoms with Crippen molar-refractivity contribution < 1.29 is 19.4 Å². The third-order valence-corrected chi connectivity index (χ3v) is 5.76. The van der Waals surface area contributed by atoms with E-state index < -0.39 is 6.10 Å². The van der Waals surface area contributed by atoms with Gasteiger partial charge in [-0.3, -0.25) is 0 Å². The van der Waals surface area contributed by atoms with Crippen LogP contribution in [-0.4, -0.2) is 36.9 Å². The van der Waals surface area contributed by atoms with E-state index in [9.17, 15) is 9.90 Å². The minimum absolute atomic E-state index is 0. The van der Waals surface area contributed by atoms with Crippen LogP contribution in [0.1, 0.15) is 55.8 Å². The second kappa shape index (κ2) is 12.9. The Kier molecular flexibility index (Phi) is 10.6. The Morgan fingerprint density at radius 2 is 2.00 bits per heavy atom. The number of carbonyl (C=O) groups excluding carboxylic acids is 1. The fourth-order valence-corrected chi connectivity index (χ4v) is 4.17. The van der Waals surface area contributed by atoms with E-state index in [2.05, 4.69) is 17.4 Å². The van der Waals surface area contributed by atoms with Crippen molar-refractivity contribution in [3.05, 3.63) is 64.7 Å². The molecule has 7 heteroatoms. The molecule has 0 saturated heterocycles. The van der Waals surface area contributed by atoms with Crippen LogP contribution in [-0.2, 0) is 9.53 Å². The molecule has 0 radical (unpaired) electrons. The SMILES string of the molecule is CCOC(=O)COc1ccc([C@@H]2CCC[C@@H](NC[C@H](O)c3cccc(Cl)c3)C2)cc1.Cl. The molecule has 2 aromatic rings. The monoisotopic (exact) mass is 467 g/mol. The van der Waals surface area contributed by atoms with Crippen molar-refractivity contribution in [3.8, 4) is 5.75 Å². The van der Waals surface area contributed by atoms with Crippen molar-refractivity contribution in [2.45, 2.75) is 50.7 Å². The standard InChI is InChI=1S/C24H30ClNO4.ClH/c1-2-29-24(28)16-30-22-11-9-17(10-12-22)18-5-4-8-21(14-18)26-15-23(27)19-6-3-7-20(25)13-19;/h3,6-7,9-13,18,21,23,26-27H,2,4-5,8,14-16H2,1H3;1H/t18-,21-,23+;/m1./s1. The molecule has 0 unspecified atom stereocenters. The molecule has 0 aliphatic heterocycles. The number of hydrogen-bond donors (Lipinski definition) is 2. The van der Waals surface area contributed by atoms with Gasteiger partial charge in [0.25, 0.3) is 0 Å². The molecule has 1 saturated carbocycles. The Morgan fingerprint density at radius 3 is 2.71 bits per heavy atom. The summed E-state index contributed by atoms with van der Waals surface area (Å²) >= 11 is 6.02. The van der Waals surface area contributed by atoms with Crippen molar-refractivity contribution in [3.63, 3.8) is 0 Å². The van der Waals surface area contributed by atoms with E-state index in [0.717, 1.165) is 31.2 Å². The molecule has 0 spiro atoms. The van der Waals surface area contributed by atoms with Crippen molar-refractivity contribution in [2.75, 3.05) is 19.8 Å². The predicted octanol–water partition coefficient (Wildman–Crippen LogP) is 5.05. The highest BCUT2D eigenvalue weighted by atomic mass is 35.5. The molecule has 2 N–H and O–H groups in total. The summed E-state index contributed by atoms with van der Waals surface area (Å²) in [5.41, 5.74) is 2.11. The lowest BCUT2D eigenvalue weighted by atomic mass is 9.81. The van der Waals surface area contributed by atoms with E-state index >= 15 is 0 Å². The highest BCUT2D eigenvalue weighted by Crippen LogP contribution is 2.34. The Labute approximate surface area is 195 Å². The van der Waals surface area contributed by atoms with E-state index in [-0.39, 0.29) is 25.0 Å². The molecular formula is C24H31Cl2NO4. The maximum Gasteiger partial charge on any atom is 0.344 e. The van der Waals surface area contributed by atoms with Crippen LogP contribution >= 0.6 is 24.0 Å². The van der Waals surface area contributed by atoms with Crippen molar-refractivity contribution >= 4 is 30.0 Å². The lowest BCUT2D eigenvalue weighted by molar-refractivity contribution is -0.145. The summed E-state index contributed by atoms with van der Waals surface area (Å²) < 4.78 is 10.3. The van der Waals surface area contributed by atoms with E-state index in [0.29, 0.717) is 35.9 Å². The summed E-state index contributed by atoms with van der Waals surface area (Å²) in [6.45, 7) is 2.57. The molecule has 1 aliphatic rings. The van der Waals surface area contributed by atoms with Gasteiger partial charge in [-0.05, 0) is 67.5 Å². The molecule has 1 fully saturated rings. The van der Waals surface area contributed by atoms with Gasteiger partial charge in [0.15, 0.2) is 6.61 Å². The third kappa shape index (κ3) is 8.00. The molecule has 3 rings (SSSR count). The van der Waals surface area contributed by atoms with Crippen LogP contribution in [0.4, 0.5) is 0 Å². The van der Waals surface area contributed by atoms with Crippen LogP contribution in [0.15, 0.2) is 48.5 Å². The number of rotatable bonds is 9. The van der Waals surface area contributed by atoms with Crippen LogP contribution in [0.5, 0.6) is 5.75 Å². The van der Waals surface area contributed by atoms with Gasteiger partial charge in [-0.1, -0.05) is 42.3 Å². The Hall–Kier alpha value is -1.79. The molecule has 0 aromatic heterocycles. The zero-order valence-corrected chi connectivity index (χ0v) is 19.3. The topological polar surface area (TPSA) is 67.8 Å². The first-order valence-electron chi connectivity index (χ1n) is 10.6. The maximum atomic E-state index is 11.4. The molecule has 2 aromatic carbocycles. The highest BCUT2D eigenvalue weighted by Gasteiger charge is 2.23. The van der Waals surface area contributed by atoms with Gasteiger partial charge in [0.1, 0.15) is 5.75 Å². The lowest BCUT2D eigenvalue weighted by Crippen LogP contribution is -2.36. The average molecular weight is 468 g/mol. The summed E-state index contributed by atoms with van der Waals surface area (Å²) in [5.74, 6) is 0.781. The third-order valence-electron chi connectivity index (χ3n) is 5.52. The Morgan fingerprint density at radius 1 is 1.23 bits per heavy atom. The van der Waals surface area contributed by atoms with Gasteiger partial charge in [0, 0.05) is 17.6 Å². The highest BCUT2D eigenvalue weighted by molar-refractivity contribution is 6.30. The first-order valence-corrected chi connectivity index (χ1v) is 11.0. The van der Waals surface area contributed by atoms with Crippen molar-refractivity contribution in [2.24, 2.45) is 0 Å². The van der Waals surface area contributed by atoms with Crippen LogP contribution in [0.3, 0.4) is 0 Å². The maximum absolute atomic E-state index is 11.4. The fraction of sp³-hybridized carbons (Fsp3) is 0.458. The Balaban J connectivity index is 0.00000341. The van der Waals surface area contributed by atoms with Crippen LogP contribution in [0, 0.1) is 0 Å². The first-order chi connectivity index (χ1) is 14.5. The van der Waals surface area contributed by atoms with Crippen molar-refractivity contribution in [1.82, 2.24) is 5.32 Å². The van der Waals surface area contributed by atoms with Crippen LogP contribution < -0.4 is 10.1 Å². The minimum atomic E-state index is -0.570. The average Bonchev–Trinajstić information content (AvgIpc) is 2.77. The number of halogens is 2. The normalized spacial score (nSPS) is 19.2. The van der Waals surface area contributed by atoms with E-state index in [1.54, 1.807) is 6.92 Å². The largest absolute Gasteiger partial charge is 0.482 e. The molecular weight excluding hydrogens is 437 g/mol. The predicted molar refractivity (Wildman–Crippen MR) is 125 cm³/mol. The van der Waals surface area contributed by atoms with Gasteiger partial charge >= 0.3 is 5.97 Å². The van der Waals surface area contributed by atoms with Crippen molar-refractivity contribution in [1.29, 1.82) is 0 Å². The molecule has 5 nitrogen and oxygen atoms in total. The molecule has 3 atom stereocenters. The van der Waals surface area contributed by atoms with Crippen LogP contribution in [0.25, 0.3) is 0 Å². The van der Waals surface area contributed by atoms with Gasteiger partial charge in [-0.15, -0.1) is 12.4 Å². The summed E-state index contributed by atoms with van der Waals surface area (Å²) in [4.78, 5) is 11.4. The molecule has 0 amide bonds. The Bertz CT molecular complexity index is 815. The van der Waals surface area contributed by atoms with Crippen LogP contribution in [0.2, 0.25) is 5.02 Å². The summed E-state index contributed by atoms with van der Waals surface area (Å²) in [7, 11) is 0. The van der Waals surface area contributed by atoms with E-state index in [1.807, 2.05) is 36.4 Å². The number of hydrogen-bond acceptors (Lipinski definition) is 5. The lowest BCUT2D eigenvalue weighted by Gasteiger charge is -2.31. The number of benzene rings is 2. The first kappa shape index (κ1) is 25.5. The number of esters is 1. The number of nitrogens with one attached hydrogen (secondary N) is 1. The van der Waals surface area contributed by atoms with Gasteiger partial charge < -0.3 is 19.9 Å². The van der Waals surface area contributed by atoms with Gasteiger partial charge in [0.2, 0.25) is 0 Å². The zero-order chi connectivity index (χ0) is 21.3. The summed E-state index contributed by atoms with van der Waals surface area (Å²) in [6.07, 6.45) is 3.87. The zero-order valence-electron chi connectivity index (χ0n) is 17.8. The molecule has 170 valence electrons. The number of carbonyl (C=O) groups is 1. The molecule has 1 aliphatic carbocycles. The van der Waals surface area contributed by atoms with E-state index in [4.69, 9.17) is 21.1 Å². The fourth-order valence-electron chi connectivity index (χ4n) is 3.97.